The van der Waals surface area contributed by atoms with E-state index in [9.17, 15) is 9.59 Å². The van der Waals surface area contributed by atoms with Crippen LogP contribution in [0.25, 0.3) is 0 Å². The van der Waals surface area contributed by atoms with Crippen LogP contribution in [0.3, 0.4) is 0 Å². The molecule has 0 aromatic heterocycles. The third-order valence-corrected chi connectivity index (χ3v) is 3.82. The van der Waals surface area contributed by atoms with Gasteiger partial charge in [-0.2, -0.15) is 0 Å². The number of carbonyl (C=O) groups excluding carboxylic acids is 1. The topological polar surface area (TPSA) is 57.6 Å². The van der Waals surface area contributed by atoms with Crippen LogP contribution < -0.4 is 0 Å². The number of piperidine rings is 1. The van der Waals surface area contributed by atoms with E-state index in [-0.39, 0.29) is 23.4 Å². The Kier molecular flexibility index (Phi) is 3.21. The van der Waals surface area contributed by atoms with Crippen LogP contribution in [0, 0.1) is 5.41 Å². The summed E-state index contributed by atoms with van der Waals surface area (Å²) in [5, 5.41) is 8.81. The Labute approximate surface area is 108 Å². The maximum atomic E-state index is 12.4. The molecule has 2 aliphatic rings. The number of carboxylic acids is 1. The highest BCUT2D eigenvalue weighted by Gasteiger charge is 2.44. The minimum Gasteiger partial charge on any atom is -0.478 e. The third-order valence-electron chi connectivity index (χ3n) is 3.82. The Bertz CT molecular complexity index is 390. The number of carbonyl (C=O) groups is 2. The molecule has 2 rings (SSSR count). The summed E-state index contributed by atoms with van der Waals surface area (Å²) >= 11 is 0. The smallest absolute Gasteiger partial charge is 0.328 e. The molecule has 2 unspecified atom stereocenters. The molecule has 1 N–H and O–H groups in total. The maximum absolute atomic E-state index is 12.4. The van der Waals surface area contributed by atoms with Crippen LogP contribution in [0.1, 0.15) is 46.5 Å². The highest BCUT2D eigenvalue weighted by atomic mass is 16.4. The second-order valence-corrected chi connectivity index (χ2v) is 6.40. The molecule has 2 atom stereocenters. The number of fused-ring (bicyclic) bond motifs is 2. The highest BCUT2D eigenvalue weighted by molar-refractivity contribution is 5.83. The summed E-state index contributed by atoms with van der Waals surface area (Å²) in [7, 11) is 0. The fraction of sp³-hybridized carbons (Fsp3) is 0.714. The predicted octanol–water partition coefficient (Wildman–Crippen LogP) is 2.20. The SMILES string of the molecule is CC(C)(C)C(=O)N1C2CCC1CC(=CC(=O)O)C2. The normalized spacial score (nSPS) is 27.3. The summed E-state index contributed by atoms with van der Waals surface area (Å²) in [4.78, 5) is 25.1. The van der Waals surface area contributed by atoms with E-state index in [0.717, 1.165) is 31.3 Å². The van der Waals surface area contributed by atoms with E-state index in [1.54, 1.807) is 0 Å². The number of hydrogen-bond donors (Lipinski definition) is 1. The number of amides is 1. The predicted molar refractivity (Wildman–Crippen MR) is 68.1 cm³/mol. The first-order chi connectivity index (χ1) is 8.29. The molecule has 2 heterocycles. The number of carboxylic acid groups (broad SMARTS) is 1. The molecule has 0 radical (unpaired) electrons. The Morgan fingerprint density at radius 1 is 1.22 bits per heavy atom. The summed E-state index contributed by atoms with van der Waals surface area (Å²) < 4.78 is 0. The standard InChI is InChI=1S/C14H21NO3/c1-14(2,3)13(18)15-10-4-5-11(15)7-9(6-10)8-12(16)17/h8,10-11H,4-7H2,1-3H3,(H,16,17). The Hall–Kier alpha value is -1.32. The lowest BCUT2D eigenvalue weighted by Gasteiger charge is -2.39. The van der Waals surface area contributed by atoms with Crippen LogP contribution in [0.15, 0.2) is 11.6 Å². The first-order valence-corrected chi connectivity index (χ1v) is 6.54. The van der Waals surface area contributed by atoms with Gasteiger partial charge in [0, 0.05) is 23.6 Å². The molecule has 0 saturated carbocycles. The lowest BCUT2D eigenvalue weighted by Crippen LogP contribution is -2.49. The van der Waals surface area contributed by atoms with Gasteiger partial charge in [-0.25, -0.2) is 4.79 Å². The quantitative estimate of drug-likeness (QED) is 0.727. The lowest BCUT2D eigenvalue weighted by molar-refractivity contribution is -0.143. The fourth-order valence-corrected chi connectivity index (χ4v) is 3.06. The number of aliphatic carboxylic acids is 1. The van der Waals surface area contributed by atoms with E-state index in [1.165, 1.54) is 6.08 Å². The second kappa shape index (κ2) is 4.41. The van der Waals surface area contributed by atoms with Crippen molar-refractivity contribution in [2.24, 2.45) is 5.41 Å². The molecular formula is C14H21NO3. The molecular weight excluding hydrogens is 230 g/mol. The lowest BCUT2D eigenvalue weighted by atomic mass is 9.89. The zero-order valence-corrected chi connectivity index (χ0v) is 11.3. The van der Waals surface area contributed by atoms with Gasteiger partial charge < -0.3 is 10.0 Å². The molecule has 0 aromatic rings. The van der Waals surface area contributed by atoms with Gasteiger partial charge in [0.2, 0.25) is 5.91 Å². The summed E-state index contributed by atoms with van der Waals surface area (Å²) in [6.45, 7) is 5.83. The van der Waals surface area contributed by atoms with Gasteiger partial charge in [-0.1, -0.05) is 26.3 Å². The van der Waals surface area contributed by atoms with Crippen molar-refractivity contribution in [2.75, 3.05) is 0 Å². The van der Waals surface area contributed by atoms with Crippen molar-refractivity contribution in [3.8, 4) is 0 Å². The molecule has 1 amide bonds. The van der Waals surface area contributed by atoms with E-state index in [2.05, 4.69) is 0 Å². The average molecular weight is 251 g/mol. The van der Waals surface area contributed by atoms with Crippen LogP contribution in [-0.4, -0.2) is 34.0 Å². The molecule has 4 nitrogen and oxygen atoms in total. The number of hydrogen-bond acceptors (Lipinski definition) is 2. The van der Waals surface area contributed by atoms with Gasteiger partial charge in [0.15, 0.2) is 0 Å². The Balaban J connectivity index is 2.16. The van der Waals surface area contributed by atoms with Crippen LogP contribution in [0.4, 0.5) is 0 Å². The first kappa shape index (κ1) is 13.1. The van der Waals surface area contributed by atoms with Crippen LogP contribution >= 0.6 is 0 Å². The molecule has 2 bridgehead atoms. The van der Waals surface area contributed by atoms with Crippen molar-refractivity contribution < 1.29 is 14.7 Å². The summed E-state index contributed by atoms with van der Waals surface area (Å²) in [5.41, 5.74) is 0.627. The average Bonchev–Trinajstić information content (AvgIpc) is 2.47. The summed E-state index contributed by atoms with van der Waals surface area (Å²) in [6.07, 6.45) is 4.78. The van der Waals surface area contributed by atoms with Gasteiger partial charge in [0.05, 0.1) is 0 Å². The van der Waals surface area contributed by atoms with Gasteiger partial charge in [0.25, 0.3) is 0 Å². The van der Waals surface area contributed by atoms with Crippen molar-refractivity contribution in [3.05, 3.63) is 11.6 Å². The van der Waals surface area contributed by atoms with Crippen LogP contribution in [0.2, 0.25) is 0 Å². The van der Waals surface area contributed by atoms with Gasteiger partial charge in [0.1, 0.15) is 0 Å². The van der Waals surface area contributed by atoms with E-state index >= 15 is 0 Å². The second-order valence-electron chi connectivity index (χ2n) is 6.40. The van der Waals surface area contributed by atoms with E-state index < -0.39 is 5.97 Å². The minimum atomic E-state index is -0.875. The van der Waals surface area contributed by atoms with Crippen molar-refractivity contribution in [1.29, 1.82) is 0 Å². The van der Waals surface area contributed by atoms with Crippen molar-refractivity contribution in [2.45, 2.75) is 58.5 Å². The molecule has 2 saturated heterocycles. The Morgan fingerprint density at radius 3 is 2.11 bits per heavy atom. The maximum Gasteiger partial charge on any atom is 0.328 e. The van der Waals surface area contributed by atoms with Crippen molar-refractivity contribution >= 4 is 11.9 Å². The van der Waals surface area contributed by atoms with Crippen LogP contribution in [0.5, 0.6) is 0 Å². The summed E-state index contributed by atoms with van der Waals surface area (Å²) in [5.74, 6) is -0.677. The van der Waals surface area contributed by atoms with Gasteiger partial charge in [-0.3, -0.25) is 4.79 Å². The van der Waals surface area contributed by atoms with E-state index in [0.29, 0.717) is 0 Å². The third kappa shape index (κ3) is 2.42. The molecule has 0 aromatic carbocycles. The first-order valence-electron chi connectivity index (χ1n) is 6.54. The largest absolute Gasteiger partial charge is 0.478 e. The zero-order valence-electron chi connectivity index (χ0n) is 11.3. The van der Waals surface area contributed by atoms with Gasteiger partial charge in [-0.05, 0) is 25.7 Å². The van der Waals surface area contributed by atoms with Gasteiger partial charge in [-0.15, -0.1) is 0 Å². The molecule has 0 spiro atoms. The molecule has 2 fully saturated rings. The number of nitrogens with zero attached hydrogens (tertiary/aromatic N) is 1. The molecule has 100 valence electrons. The van der Waals surface area contributed by atoms with E-state index in [1.807, 2.05) is 25.7 Å². The fourth-order valence-electron chi connectivity index (χ4n) is 3.06. The van der Waals surface area contributed by atoms with E-state index in [4.69, 9.17) is 5.11 Å². The van der Waals surface area contributed by atoms with Crippen LogP contribution in [-0.2, 0) is 9.59 Å². The molecule has 18 heavy (non-hydrogen) atoms. The van der Waals surface area contributed by atoms with Crippen molar-refractivity contribution in [1.82, 2.24) is 4.90 Å². The Morgan fingerprint density at radius 2 is 1.72 bits per heavy atom. The van der Waals surface area contributed by atoms with Gasteiger partial charge >= 0.3 is 5.97 Å². The molecule has 4 heteroatoms. The summed E-state index contributed by atoms with van der Waals surface area (Å²) in [6, 6.07) is 0.419. The molecule has 2 aliphatic heterocycles. The zero-order chi connectivity index (χ0) is 13.5. The van der Waals surface area contributed by atoms with Crippen molar-refractivity contribution in [3.63, 3.8) is 0 Å². The molecule has 0 aliphatic carbocycles. The highest BCUT2D eigenvalue weighted by Crippen LogP contribution is 2.40. The number of rotatable bonds is 1. The monoisotopic (exact) mass is 251 g/mol. The minimum absolute atomic E-state index is 0.198.